The number of hydrogen-bond acceptors (Lipinski definition) is 2. The molecule has 0 aliphatic carbocycles. The lowest BCUT2D eigenvalue weighted by atomic mass is 10.1. The van der Waals surface area contributed by atoms with Crippen LogP contribution in [0.15, 0.2) is 30.5 Å². The van der Waals surface area contributed by atoms with Gasteiger partial charge >= 0.3 is 0 Å². The van der Waals surface area contributed by atoms with E-state index in [1.54, 1.807) is 0 Å². The molecule has 2 rings (SSSR count). The Bertz CT molecular complexity index is 599. The van der Waals surface area contributed by atoms with Gasteiger partial charge in [0.2, 0.25) is 0 Å². The Kier molecular flexibility index (Phi) is 3.41. The fourth-order valence-corrected chi connectivity index (χ4v) is 1.53. The van der Waals surface area contributed by atoms with Crippen molar-refractivity contribution in [3.05, 3.63) is 53.6 Å². The van der Waals surface area contributed by atoms with Crippen LogP contribution in [0, 0.1) is 17.5 Å². The van der Waals surface area contributed by atoms with Crippen LogP contribution in [0.2, 0.25) is 0 Å². The molecule has 18 heavy (non-hydrogen) atoms. The molecule has 0 spiro atoms. The smallest absolute Gasteiger partial charge is 0.159 e. The van der Waals surface area contributed by atoms with Crippen LogP contribution in [-0.2, 0) is 11.2 Å². The summed E-state index contributed by atoms with van der Waals surface area (Å²) in [7, 11) is 0. The second-order valence-electron chi connectivity index (χ2n) is 3.65. The van der Waals surface area contributed by atoms with Gasteiger partial charge in [-0.2, -0.15) is 0 Å². The number of carbonyl (C=O) groups excluding carboxylic acids is 1. The van der Waals surface area contributed by atoms with Crippen molar-refractivity contribution >= 4 is 6.29 Å². The van der Waals surface area contributed by atoms with Crippen molar-refractivity contribution in [3.63, 3.8) is 0 Å². The van der Waals surface area contributed by atoms with Crippen LogP contribution < -0.4 is 0 Å². The molecule has 2 aromatic rings. The third kappa shape index (κ3) is 2.40. The first-order valence-electron chi connectivity index (χ1n) is 5.15. The molecule has 0 atom stereocenters. The molecule has 1 heterocycles. The van der Waals surface area contributed by atoms with E-state index >= 15 is 0 Å². The van der Waals surface area contributed by atoms with Crippen LogP contribution in [0.1, 0.15) is 5.69 Å². The summed E-state index contributed by atoms with van der Waals surface area (Å²) in [5.74, 6) is -2.63. The summed E-state index contributed by atoms with van der Waals surface area (Å²) < 4.78 is 39.3. The maximum Gasteiger partial charge on any atom is 0.159 e. The summed E-state index contributed by atoms with van der Waals surface area (Å²) in [6, 6.07) is 4.39. The van der Waals surface area contributed by atoms with Gasteiger partial charge in [-0.15, -0.1) is 0 Å². The van der Waals surface area contributed by atoms with Crippen molar-refractivity contribution in [2.24, 2.45) is 0 Å². The molecular weight excluding hydrogens is 243 g/mol. The first kappa shape index (κ1) is 12.3. The molecule has 1 aromatic carbocycles. The molecule has 0 amide bonds. The van der Waals surface area contributed by atoms with E-state index in [9.17, 15) is 18.0 Å². The quantitative estimate of drug-likeness (QED) is 0.785. The van der Waals surface area contributed by atoms with Gasteiger partial charge in [-0.1, -0.05) is 6.07 Å². The molecule has 0 N–H and O–H groups in total. The zero-order valence-corrected chi connectivity index (χ0v) is 9.16. The first-order chi connectivity index (χ1) is 8.61. The van der Waals surface area contributed by atoms with E-state index in [1.165, 1.54) is 12.3 Å². The zero-order chi connectivity index (χ0) is 13.1. The Hall–Kier alpha value is -2.17. The maximum absolute atomic E-state index is 13.5. The second kappa shape index (κ2) is 5.00. The van der Waals surface area contributed by atoms with E-state index in [1.807, 2.05) is 0 Å². The third-order valence-electron chi connectivity index (χ3n) is 2.45. The van der Waals surface area contributed by atoms with Gasteiger partial charge in [-0.25, -0.2) is 13.2 Å². The number of benzene rings is 1. The highest BCUT2D eigenvalue weighted by molar-refractivity contribution is 5.63. The minimum absolute atomic E-state index is 0.0244. The fourth-order valence-electron chi connectivity index (χ4n) is 1.53. The summed E-state index contributed by atoms with van der Waals surface area (Å²) in [6.07, 6.45) is 1.74. The Balaban J connectivity index is 2.42. The fraction of sp³-hybridized carbons (Fsp3) is 0.0769. The number of aromatic nitrogens is 1. The van der Waals surface area contributed by atoms with Gasteiger partial charge < -0.3 is 4.79 Å². The molecule has 0 aliphatic heterocycles. The monoisotopic (exact) mass is 251 g/mol. The van der Waals surface area contributed by atoms with E-state index < -0.39 is 17.5 Å². The van der Waals surface area contributed by atoms with Crippen molar-refractivity contribution in [2.45, 2.75) is 6.42 Å². The summed E-state index contributed by atoms with van der Waals surface area (Å²) in [6.45, 7) is 0. The number of aldehydes is 1. The van der Waals surface area contributed by atoms with Crippen molar-refractivity contribution < 1.29 is 18.0 Å². The van der Waals surface area contributed by atoms with E-state index in [4.69, 9.17) is 0 Å². The Labute approximate surface area is 101 Å². The average Bonchev–Trinajstić information content (AvgIpc) is 2.35. The summed E-state index contributed by atoms with van der Waals surface area (Å²) in [5, 5.41) is 0. The normalized spacial score (nSPS) is 10.4. The molecular formula is C13H8F3NO. The Morgan fingerprint density at radius 2 is 1.72 bits per heavy atom. The lowest BCUT2D eigenvalue weighted by Gasteiger charge is -2.04. The number of nitrogens with zero attached hydrogens (tertiary/aromatic N) is 1. The first-order valence-corrected chi connectivity index (χ1v) is 5.15. The standard InChI is InChI=1S/C13H8F3NO/c14-10-2-1-8(5-11(10)15)9-6-12(16)13(3-4-18)17-7-9/h1-2,4-7H,3H2. The van der Waals surface area contributed by atoms with Gasteiger partial charge in [-0.05, 0) is 23.8 Å². The van der Waals surface area contributed by atoms with Crippen LogP contribution in [0.25, 0.3) is 11.1 Å². The van der Waals surface area contributed by atoms with Crippen LogP contribution in [0.3, 0.4) is 0 Å². The van der Waals surface area contributed by atoms with Gasteiger partial charge in [0.1, 0.15) is 12.1 Å². The van der Waals surface area contributed by atoms with Crippen LogP contribution in [0.5, 0.6) is 0 Å². The predicted molar refractivity (Wildman–Crippen MR) is 59.3 cm³/mol. The van der Waals surface area contributed by atoms with Crippen LogP contribution in [0.4, 0.5) is 13.2 Å². The average molecular weight is 251 g/mol. The number of carbonyl (C=O) groups is 1. The molecule has 0 aliphatic rings. The van der Waals surface area contributed by atoms with Crippen LogP contribution in [-0.4, -0.2) is 11.3 Å². The highest BCUT2D eigenvalue weighted by Gasteiger charge is 2.08. The molecule has 0 unspecified atom stereocenters. The van der Waals surface area contributed by atoms with Crippen LogP contribution >= 0.6 is 0 Å². The largest absolute Gasteiger partial charge is 0.303 e. The molecule has 1 aromatic heterocycles. The minimum atomic E-state index is -1.01. The highest BCUT2D eigenvalue weighted by Crippen LogP contribution is 2.22. The SMILES string of the molecule is O=CCc1ncc(-c2ccc(F)c(F)c2)cc1F. The van der Waals surface area contributed by atoms with E-state index in [2.05, 4.69) is 4.98 Å². The molecule has 5 heteroatoms. The Morgan fingerprint density at radius 1 is 1.00 bits per heavy atom. The number of hydrogen-bond donors (Lipinski definition) is 0. The predicted octanol–water partition coefficient (Wildman–Crippen LogP) is 2.91. The van der Waals surface area contributed by atoms with E-state index in [-0.39, 0.29) is 12.1 Å². The van der Waals surface area contributed by atoms with E-state index in [0.29, 0.717) is 17.4 Å². The third-order valence-corrected chi connectivity index (χ3v) is 2.45. The highest BCUT2D eigenvalue weighted by atomic mass is 19.2. The zero-order valence-electron chi connectivity index (χ0n) is 9.16. The Morgan fingerprint density at radius 3 is 2.33 bits per heavy atom. The van der Waals surface area contributed by atoms with Gasteiger partial charge in [0.05, 0.1) is 5.69 Å². The van der Waals surface area contributed by atoms with Gasteiger partial charge in [0.15, 0.2) is 11.6 Å². The second-order valence-corrected chi connectivity index (χ2v) is 3.65. The molecule has 2 nitrogen and oxygen atoms in total. The molecule has 0 bridgehead atoms. The molecule has 0 saturated carbocycles. The summed E-state index contributed by atoms with van der Waals surface area (Å²) in [5.41, 5.74) is 0.662. The van der Waals surface area contributed by atoms with Gasteiger partial charge in [-0.3, -0.25) is 4.98 Å². The van der Waals surface area contributed by atoms with Gasteiger partial charge in [0, 0.05) is 18.2 Å². The molecule has 0 saturated heterocycles. The van der Waals surface area contributed by atoms with Crippen molar-refractivity contribution in [1.29, 1.82) is 0 Å². The lowest BCUT2D eigenvalue weighted by molar-refractivity contribution is -0.107. The summed E-state index contributed by atoms with van der Waals surface area (Å²) >= 11 is 0. The maximum atomic E-state index is 13.5. The van der Waals surface area contributed by atoms with Crippen molar-refractivity contribution in [2.75, 3.05) is 0 Å². The number of halogens is 3. The van der Waals surface area contributed by atoms with E-state index in [0.717, 1.165) is 18.2 Å². The molecule has 92 valence electrons. The molecule has 0 radical (unpaired) electrons. The number of rotatable bonds is 3. The number of pyridine rings is 1. The van der Waals surface area contributed by atoms with Crippen molar-refractivity contribution in [1.82, 2.24) is 4.98 Å². The van der Waals surface area contributed by atoms with Gasteiger partial charge in [0.25, 0.3) is 0 Å². The lowest BCUT2D eigenvalue weighted by Crippen LogP contribution is -1.97. The topological polar surface area (TPSA) is 30.0 Å². The minimum Gasteiger partial charge on any atom is -0.303 e. The summed E-state index contributed by atoms with van der Waals surface area (Å²) in [4.78, 5) is 14.0. The van der Waals surface area contributed by atoms with Crippen molar-refractivity contribution in [3.8, 4) is 11.1 Å². The molecule has 0 fully saturated rings.